The quantitative estimate of drug-likeness (QED) is 0.172. The Kier molecular flexibility index (Phi) is 12.5. The number of nitrogens with one attached hydrogen (secondary N) is 2. The Labute approximate surface area is 314 Å². The normalized spacial score (nSPS) is 21.9. The van der Waals surface area contributed by atoms with E-state index >= 15 is 0 Å². The molecule has 2 saturated heterocycles. The van der Waals surface area contributed by atoms with E-state index in [2.05, 4.69) is 150 Å². The van der Waals surface area contributed by atoms with Gasteiger partial charge in [-0.2, -0.15) is 15.0 Å². The van der Waals surface area contributed by atoms with Crippen LogP contribution in [0.3, 0.4) is 0 Å². The van der Waals surface area contributed by atoms with Gasteiger partial charge in [0.05, 0.1) is 0 Å². The fourth-order valence-corrected chi connectivity index (χ4v) is 8.63. The second-order valence-electron chi connectivity index (χ2n) is 18.0. The Bertz CT molecular complexity index is 1430. The fourth-order valence-electron chi connectivity index (χ4n) is 8.48. The second-order valence-corrected chi connectivity index (χ2v) is 18.4. The van der Waals surface area contributed by atoms with Gasteiger partial charge in [-0.1, -0.05) is 102 Å². The molecule has 2 aromatic carbocycles. The van der Waals surface area contributed by atoms with Crippen molar-refractivity contribution in [1.29, 1.82) is 0 Å². The average molecular weight is 717 g/mol. The van der Waals surface area contributed by atoms with E-state index in [-0.39, 0.29) is 51.4 Å². The summed E-state index contributed by atoms with van der Waals surface area (Å²) < 4.78 is 0. The van der Waals surface area contributed by atoms with Crippen LogP contribution in [0.2, 0.25) is 5.28 Å². The van der Waals surface area contributed by atoms with E-state index in [1.807, 2.05) is 0 Å². The van der Waals surface area contributed by atoms with Gasteiger partial charge in [0.15, 0.2) is 0 Å². The summed E-state index contributed by atoms with van der Waals surface area (Å²) in [5.41, 5.74) is 2.59. The third kappa shape index (κ3) is 9.83. The Morgan fingerprint density at radius 1 is 0.667 bits per heavy atom. The van der Waals surface area contributed by atoms with Crippen LogP contribution in [0, 0.1) is 10.8 Å². The maximum atomic E-state index is 7.11. The lowest BCUT2D eigenvalue weighted by Crippen LogP contribution is -2.60. The number of aromatic nitrogens is 3. The fraction of sp³-hybridized carbons (Fsp3) is 0.651. The standard InChI is InChI=1S/C43H66ClN7/c1-11-40(3,4)35(27-31-19-15-13-16-20-31)50(33-23-25-45-42(7,8)29-33)38-47-37(44)48-39(49-38)51(34-24-26-46-43(9,10)30-34)36(41(5,6)12-2)28-32-21-17-14-18-22-32/h13-22,33-36,45-46H,11-12,23-30H2,1-10H3. The maximum absolute atomic E-state index is 7.11. The van der Waals surface area contributed by atoms with Crippen molar-refractivity contribution >= 4 is 23.5 Å². The molecule has 0 saturated carbocycles. The monoisotopic (exact) mass is 716 g/mol. The van der Waals surface area contributed by atoms with Crippen LogP contribution >= 0.6 is 11.6 Å². The summed E-state index contributed by atoms with van der Waals surface area (Å²) >= 11 is 7.11. The molecule has 51 heavy (non-hydrogen) atoms. The Morgan fingerprint density at radius 2 is 1.04 bits per heavy atom. The van der Waals surface area contributed by atoms with E-state index in [4.69, 9.17) is 26.6 Å². The third-order valence-corrected chi connectivity index (χ3v) is 12.5. The van der Waals surface area contributed by atoms with Gasteiger partial charge >= 0.3 is 0 Å². The minimum absolute atomic E-state index is 0.00682. The molecule has 280 valence electrons. The number of rotatable bonds is 14. The lowest BCUT2D eigenvalue weighted by Gasteiger charge is -2.51. The first-order valence-corrected chi connectivity index (χ1v) is 20.0. The molecule has 0 bridgehead atoms. The molecule has 2 aliphatic heterocycles. The largest absolute Gasteiger partial charge is 0.334 e. The summed E-state index contributed by atoms with van der Waals surface area (Å²) in [7, 11) is 0. The van der Waals surface area contributed by atoms with Crippen LogP contribution in [0.15, 0.2) is 60.7 Å². The van der Waals surface area contributed by atoms with Gasteiger partial charge in [0.1, 0.15) is 0 Å². The summed E-state index contributed by atoms with van der Waals surface area (Å²) in [6, 6.07) is 22.6. The molecule has 2 aliphatic rings. The zero-order valence-electron chi connectivity index (χ0n) is 33.3. The molecule has 4 atom stereocenters. The summed E-state index contributed by atoms with van der Waals surface area (Å²) in [6.07, 6.45) is 7.86. The summed E-state index contributed by atoms with van der Waals surface area (Å²) in [6.45, 7) is 25.5. The first kappa shape index (κ1) is 39.5. The van der Waals surface area contributed by atoms with Crippen LogP contribution in [0.4, 0.5) is 11.9 Å². The topological polar surface area (TPSA) is 69.2 Å². The van der Waals surface area contributed by atoms with Gasteiger partial charge in [0, 0.05) is 35.2 Å². The molecule has 5 rings (SSSR count). The zero-order valence-corrected chi connectivity index (χ0v) is 34.0. The van der Waals surface area contributed by atoms with Crippen molar-refractivity contribution < 1.29 is 0 Å². The van der Waals surface area contributed by atoms with Crippen LogP contribution in [0.1, 0.15) is 119 Å². The first-order valence-electron chi connectivity index (χ1n) is 19.6. The van der Waals surface area contributed by atoms with E-state index < -0.39 is 0 Å². The first-order chi connectivity index (χ1) is 24.0. The van der Waals surface area contributed by atoms with E-state index in [1.54, 1.807) is 0 Å². The van der Waals surface area contributed by atoms with Crippen molar-refractivity contribution in [3.05, 3.63) is 77.1 Å². The van der Waals surface area contributed by atoms with Crippen LogP contribution in [-0.2, 0) is 12.8 Å². The lowest BCUT2D eigenvalue weighted by atomic mass is 9.76. The molecular weight excluding hydrogens is 650 g/mol. The highest BCUT2D eigenvalue weighted by atomic mass is 35.5. The van der Waals surface area contributed by atoms with Crippen LogP contribution in [0.5, 0.6) is 0 Å². The third-order valence-electron chi connectivity index (χ3n) is 12.3. The van der Waals surface area contributed by atoms with Crippen molar-refractivity contribution in [3.8, 4) is 0 Å². The minimum atomic E-state index is -0.0249. The van der Waals surface area contributed by atoms with Gasteiger partial charge in [-0.3, -0.25) is 0 Å². The summed E-state index contributed by atoms with van der Waals surface area (Å²) in [4.78, 5) is 20.9. The zero-order chi connectivity index (χ0) is 37.0. The van der Waals surface area contributed by atoms with Crippen molar-refractivity contribution in [3.63, 3.8) is 0 Å². The SMILES string of the molecule is CCC(C)(C)C(Cc1ccccc1)N(c1nc(Cl)nc(N(C2CCNC(C)(C)C2)C(Cc2ccccc2)C(C)(C)CC)n1)C1CCNC(C)(C)C1. The van der Waals surface area contributed by atoms with Gasteiger partial charge in [-0.15, -0.1) is 0 Å². The maximum Gasteiger partial charge on any atom is 0.232 e. The molecule has 0 radical (unpaired) electrons. The number of piperidine rings is 2. The van der Waals surface area contributed by atoms with Crippen LogP contribution < -0.4 is 20.4 Å². The van der Waals surface area contributed by atoms with Gasteiger partial charge in [0.2, 0.25) is 17.2 Å². The van der Waals surface area contributed by atoms with Gasteiger partial charge in [-0.05, 0) is 126 Å². The summed E-state index contributed by atoms with van der Waals surface area (Å²) in [5, 5.41) is 7.81. The molecule has 7 nitrogen and oxygen atoms in total. The van der Waals surface area contributed by atoms with Crippen LogP contribution in [-0.4, -0.2) is 63.3 Å². The number of hydrogen-bond acceptors (Lipinski definition) is 7. The van der Waals surface area contributed by atoms with E-state index in [0.717, 1.165) is 64.5 Å². The van der Waals surface area contributed by atoms with Crippen LogP contribution in [0.25, 0.3) is 0 Å². The van der Waals surface area contributed by atoms with E-state index in [9.17, 15) is 0 Å². The highest BCUT2D eigenvalue weighted by Gasteiger charge is 2.44. The molecule has 4 unspecified atom stereocenters. The molecule has 2 fully saturated rings. The number of halogens is 1. The molecule has 0 amide bonds. The summed E-state index contributed by atoms with van der Waals surface area (Å²) in [5.74, 6) is 1.42. The Morgan fingerprint density at radius 3 is 1.37 bits per heavy atom. The second kappa shape index (κ2) is 16.1. The molecule has 0 aliphatic carbocycles. The number of anilines is 2. The highest BCUT2D eigenvalue weighted by Crippen LogP contribution is 2.41. The predicted molar refractivity (Wildman–Crippen MR) is 216 cm³/mol. The van der Waals surface area contributed by atoms with Gasteiger partial charge in [-0.25, -0.2) is 0 Å². The van der Waals surface area contributed by atoms with Crippen molar-refractivity contribution in [1.82, 2.24) is 25.6 Å². The average Bonchev–Trinajstić information content (AvgIpc) is 3.07. The van der Waals surface area contributed by atoms with Crippen molar-refractivity contribution in [2.75, 3.05) is 22.9 Å². The molecular formula is C43H66ClN7. The highest BCUT2D eigenvalue weighted by molar-refractivity contribution is 6.28. The minimum Gasteiger partial charge on any atom is -0.334 e. The van der Waals surface area contributed by atoms with E-state index in [0.29, 0.717) is 11.9 Å². The molecule has 1 aromatic heterocycles. The van der Waals surface area contributed by atoms with Crippen molar-refractivity contribution in [2.24, 2.45) is 10.8 Å². The molecule has 3 aromatic rings. The lowest BCUT2D eigenvalue weighted by molar-refractivity contribution is 0.200. The Hall–Kier alpha value is -2.74. The Balaban J connectivity index is 1.71. The van der Waals surface area contributed by atoms with Crippen molar-refractivity contribution in [2.45, 2.75) is 156 Å². The molecule has 8 heteroatoms. The molecule has 3 heterocycles. The number of benzene rings is 2. The predicted octanol–water partition coefficient (Wildman–Crippen LogP) is 9.29. The molecule has 2 N–H and O–H groups in total. The molecule has 0 spiro atoms. The number of hydrogen-bond donors (Lipinski definition) is 2. The van der Waals surface area contributed by atoms with Gasteiger partial charge in [0.25, 0.3) is 0 Å². The number of nitrogens with zero attached hydrogens (tertiary/aromatic N) is 5. The van der Waals surface area contributed by atoms with Gasteiger partial charge < -0.3 is 20.4 Å². The van der Waals surface area contributed by atoms with E-state index in [1.165, 1.54) is 11.1 Å². The smallest absolute Gasteiger partial charge is 0.232 e.